The van der Waals surface area contributed by atoms with Gasteiger partial charge in [-0.2, -0.15) is 0 Å². The third-order valence-corrected chi connectivity index (χ3v) is 10.8. The Morgan fingerprint density at radius 1 is 1.02 bits per heavy atom. The molecule has 6 atom stereocenters. The van der Waals surface area contributed by atoms with Gasteiger partial charge in [-0.3, -0.25) is 24.1 Å². The first-order chi connectivity index (χ1) is 20.1. The second-order valence-electron chi connectivity index (χ2n) is 11.7. The summed E-state index contributed by atoms with van der Waals surface area (Å²) in [6.45, 7) is 1.96. The van der Waals surface area contributed by atoms with Crippen LogP contribution in [0.1, 0.15) is 36.1 Å². The average Bonchev–Trinajstić information content (AvgIpc) is 3.61. The molecule has 42 heavy (non-hydrogen) atoms. The standard InChI is InChI=1S/C32H26ClFN2O5S/c1-32-23(29(39)36(31(32)41)17-7-10-25(34)24(33)13-17)14-22-20(27(32)16-4-2-5-18(37)12-16)8-9-21-26(22)30(40)35(28(21)38)15-19-6-3-11-42-19/h2-8,10-13,21-23,26-27,37H,9,14-15H2,1H3. The molecule has 2 aliphatic carbocycles. The van der Waals surface area contributed by atoms with E-state index in [0.717, 1.165) is 21.4 Å². The molecule has 3 heterocycles. The number of hydrogen-bond acceptors (Lipinski definition) is 6. The highest BCUT2D eigenvalue weighted by molar-refractivity contribution is 7.09. The van der Waals surface area contributed by atoms with Gasteiger partial charge in [0, 0.05) is 10.8 Å². The molecule has 3 aromatic rings. The first-order valence-electron chi connectivity index (χ1n) is 13.8. The first kappa shape index (κ1) is 27.0. The lowest BCUT2D eigenvalue weighted by atomic mass is 9.51. The van der Waals surface area contributed by atoms with E-state index in [4.69, 9.17) is 11.6 Å². The summed E-state index contributed by atoms with van der Waals surface area (Å²) in [6, 6.07) is 14.1. The molecule has 1 saturated carbocycles. The highest BCUT2D eigenvalue weighted by Crippen LogP contribution is 2.63. The van der Waals surface area contributed by atoms with Gasteiger partial charge in [0.25, 0.3) is 0 Å². The fourth-order valence-electron chi connectivity index (χ4n) is 7.75. The van der Waals surface area contributed by atoms with Crippen LogP contribution in [-0.4, -0.2) is 33.6 Å². The maximum Gasteiger partial charge on any atom is 0.241 e. The number of amides is 4. The van der Waals surface area contributed by atoms with Crippen molar-refractivity contribution in [1.82, 2.24) is 4.90 Å². The second kappa shape index (κ2) is 9.61. The number of aromatic hydroxyl groups is 1. The van der Waals surface area contributed by atoms with Crippen molar-refractivity contribution < 1.29 is 28.7 Å². The van der Waals surface area contributed by atoms with Crippen LogP contribution in [0, 0.1) is 34.9 Å². The van der Waals surface area contributed by atoms with Crippen LogP contribution in [0.3, 0.4) is 0 Å². The summed E-state index contributed by atoms with van der Waals surface area (Å²) in [7, 11) is 0. The van der Waals surface area contributed by atoms with Crippen molar-refractivity contribution in [2.45, 2.75) is 32.2 Å². The predicted molar refractivity (Wildman–Crippen MR) is 154 cm³/mol. The molecule has 4 aliphatic rings. The van der Waals surface area contributed by atoms with Gasteiger partial charge in [-0.25, -0.2) is 9.29 Å². The Labute approximate surface area is 250 Å². The van der Waals surface area contributed by atoms with Gasteiger partial charge < -0.3 is 5.11 Å². The van der Waals surface area contributed by atoms with E-state index >= 15 is 0 Å². The number of phenols is 1. The van der Waals surface area contributed by atoms with Crippen molar-refractivity contribution in [3.05, 3.63) is 92.9 Å². The molecule has 0 spiro atoms. The Morgan fingerprint density at radius 3 is 2.55 bits per heavy atom. The number of carbonyl (C=O) groups excluding carboxylic acids is 4. The fraction of sp³-hybridized carbons (Fsp3) is 0.312. The normalized spacial score (nSPS) is 30.4. The summed E-state index contributed by atoms with van der Waals surface area (Å²) in [5.74, 6) is -5.15. The summed E-state index contributed by atoms with van der Waals surface area (Å²) >= 11 is 7.52. The maximum atomic E-state index is 14.3. The number of benzene rings is 2. The third-order valence-electron chi connectivity index (χ3n) is 9.62. The Kier molecular flexibility index (Phi) is 6.18. The second-order valence-corrected chi connectivity index (χ2v) is 13.1. The third kappa shape index (κ3) is 3.76. The molecule has 2 saturated heterocycles. The summed E-state index contributed by atoms with van der Waals surface area (Å²) in [5.41, 5.74) is 0.387. The smallest absolute Gasteiger partial charge is 0.241 e. The number of carbonyl (C=O) groups is 4. The number of halogens is 2. The summed E-state index contributed by atoms with van der Waals surface area (Å²) in [6.07, 6.45) is 2.52. The van der Waals surface area contributed by atoms with E-state index < -0.39 is 52.6 Å². The van der Waals surface area contributed by atoms with Crippen molar-refractivity contribution in [3.63, 3.8) is 0 Å². The van der Waals surface area contributed by atoms with Gasteiger partial charge in [-0.05, 0) is 73.0 Å². The number of nitrogens with zero attached hydrogens (tertiary/aromatic N) is 2. The van der Waals surface area contributed by atoms with Crippen molar-refractivity contribution in [3.8, 4) is 5.75 Å². The number of anilines is 1. The number of likely N-dealkylation sites (tertiary alicyclic amines) is 1. The SMILES string of the molecule is CC12C(=O)N(c3ccc(F)c(Cl)c3)C(=O)C1CC1C(=CCC3C(=O)N(Cc4cccs4)C(=O)C31)C2c1cccc(O)c1. The largest absolute Gasteiger partial charge is 0.508 e. The van der Waals surface area contributed by atoms with E-state index in [1.54, 1.807) is 19.1 Å². The molecule has 1 aromatic heterocycles. The van der Waals surface area contributed by atoms with E-state index in [-0.39, 0.29) is 41.2 Å². The van der Waals surface area contributed by atoms with Crippen LogP contribution in [0.2, 0.25) is 5.02 Å². The zero-order chi connectivity index (χ0) is 29.5. The minimum absolute atomic E-state index is 0.0113. The first-order valence-corrected chi connectivity index (χ1v) is 15.1. The molecule has 4 amide bonds. The quantitative estimate of drug-likeness (QED) is 0.306. The topological polar surface area (TPSA) is 95.0 Å². The monoisotopic (exact) mass is 604 g/mol. The Morgan fingerprint density at radius 2 is 1.83 bits per heavy atom. The molecule has 1 N–H and O–H groups in total. The van der Waals surface area contributed by atoms with Crippen molar-refractivity contribution in [2.24, 2.45) is 29.1 Å². The average molecular weight is 605 g/mol. The molecule has 6 unspecified atom stereocenters. The number of rotatable bonds is 4. The van der Waals surface area contributed by atoms with E-state index in [9.17, 15) is 28.7 Å². The summed E-state index contributed by atoms with van der Waals surface area (Å²) < 4.78 is 14.0. The zero-order valence-corrected chi connectivity index (χ0v) is 24.1. The lowest BCUT2D eigenvalue weighted by Crippen LogP contribution is -2.48. The molecule has 0 radical (unpaired) electrons. The number of fused-ring (bicyclic) bond motifs is 4. The number of hydrogen-bond donors (Lipinski definition) is 1. The molecular formula is C32H26ClFN2O5S. The van der Waals surface area contributed by atoms with Crippen molar-refractivity contribution >= 4 is 52.3 Å². The lowest BCUT2D eigenvalue weighted by Gasteiger charge is -2.49. The maximum absolute atomic E-state index is 14.3. The van der Waals surface area contributed by atoms with Crippen LogP contribution in [-0.2, 0) is 25.7 Å². The minimum atomic E-state index is -1.26. The van der Waals surface area contributed by atoms with Crippen LogP contribution < -0.4 is 4.90 Å². The Balaban J connectivity index is 1.34. The van der Waals surface area contributed by atoms with Crippen LogP contribution in [0.15, 0.2) is 71.6 Å². The number of imide groups is 2. The zero-order valence-electron chi connectivity index (χ0n) is 22.5. The van der Waals surface area contributed by atoms with Gasteiger partial charge in [-0.1, -0.05) is 41.4 Å². The van der Waals surface area contributed by atoms with Crippen molar-refractivity contribution in [1.29, 1.82) is 0 Å². The molecule has 3 fully saturated rings. The summed E-state index contributed by atoms with van der Waals surface area (Å²) in [5, 5.41) is 12.1. The van der Waals surface area contributed by atoms with Gasteiger partial charge in [0.1, 0.15) is 11.6 Å². The van der Waals surface area contributed by atoms with Crippen molar-refractivity contribution in [2.75, 3.05) is 4.90 Å². The molecular weight excluding hydrogens is 579 g/mol. The molecule has 7 nitrogen and oxygen atoms in total. The molecule has 10 heteroatoms. The lowest BCUT2D eigenvalue weighted by molar-refractivity contribution is -0.141. The predicted octanol–water partition coefficient (Wildman–Crippen LogP) is 5.68. The van der Waals surface area contributed by atoms with Crippen LogP contribution in [0.4, 0.5) is 10.1 Å². The molecule has 0 bridgehead atoms. The Hall–Kier alpha value is -3.82. The van der Waals surface area contributed by atoms with E-state index in [1.807, 2.05) is 29.7 Å². The molecule has 214 valence electrons. The van der Waals surface area contributed by atoms with Crippen LogP contribution >= 0.6 is 22.9 Å². The fourth-order valence-corrected chi connectivity index (χ4v) is 8.62. The van der Waals surface area contributed by atoms with Gasteiger partial charge in [0.15, 0.2) is 0 Å². The number of thiophene rings is 1. The number of phenolic OH excluding ortho intramolecular Hbond substituents is 1. The van der Waals surface area contributed by atoms with E-state index in [2.05, 4.69) is 0 Å². The molecule has 2 aliphatic heterocycles. The van der Waals surface area contributed by atoms with Crippen LogP contribution in [0.25, 0.3) is 0 Å². The summed E-state index contributed by atoms with van der Waals surface area (Å²) in [4.78, 5) is 59.2. The molecule has 2 aromatic carbocycles. The number of allylic oxidation sites excluding steroid dienone is 2. The highest BCUT2D eigenvalue weighted by atomic mass is 35.5. The molecule has 7 rings (SSSR count). The highest BCUT2D eigenvalue weighted by Gasteiger charge is 2.67. The van der Waals surface area contributed by atoms with Gasteiger partial charge in [-0.15, -0.1) is 11.3 Å². The van der Waals surface area contributed by atoms with Gasteiger partial charge in [0.05, 0.1) is 40.4 Å². The van der Waals surface area contributed by atoms with E-state index in [0.29, 0.717) is 12.0 Å². The van der Waals surface area contributed by atoms with Crippen LogP contribution in [0.5, 0.6) is 5.75 Å². The Bertz CT molecular complexity index is 1710. The van der Waals surface area contributed by atoms with Gasteiger partial charge >= 0.3 is 0 Å². The van der Waals surface area contributed by atoms with E-state index in [1.165, 1.54) is 34.4 Å². The van der Waals surface area contributed by atoms with Gasteiger partial charge in [0.2, 0.25) is 23.6 Å². The minimum Gasteiger partial charge on any atom is -0.508 e.